The molecule has 1 unspecified atom stereocenters. The normalized spacial score (nSPS) is 12.4. The Labute approximate surface area is 99.5 Å². The largest absolute Gasteiger partial charge is 0.376 e. The van der Waals surface area contributed by atoms with Crippen LogP contribution < -0.4 is 5.32 Å². The number of aromatic nitrogens is 3. The van der Waals surface area contributed by atoms with Gasteiger partial charge in [-0.05, 0) is 25.5 Å². The Hall–Kier alpha value is -1.91. The zero-order chi connectivity index (χ0) is 12.3. The van der Waals surface area contributed by atoms with E-state index in [9.17, 15) is 4.39 Å². The van der Waals surface area contributed by atoms with Gasteiger partial charge in [-0.25, -0.2) is 4.39 Å². The van der Waals surface area contributed by atoms with Gasteiger partial charge in [-0.15, -0.1) is 0 Å². The highest BCUT2D eigenvalue weighted by Gasteiger charge is 2.07. The Morgan fingerprint density at radius 1 is 1.41 bits per heavy atom. The van der Waals surface area contributed by atoms with Gasteiger partial charge in [-0.1, -0.05) is 0 Å². The molecule has 2 rings (SSSR count). The van der Waals surface area contributed by atoms with Gasteiger partial charge in [0.2, 0.25) is 0 Å². The average molecular weight is 234 g/mol. The third-order valence-corrected chi connectivity index (χ3v) is 2.57. The number of nitrogens with zero attached hydrogens (tertiary/aromatic N) is 3. The van der Waals surface area contributed by atoms with Crippen LogP contribution in [0.1, 0.15) is 25.5 Å². The van der Waals surface area contributed by atoms with Gasteiger partial charge >= 0.3 is 0 Å². The molecule has 0 aromatic carbocycles. The maximum atomic E-state index is 13.0. The molecule has 0 spiro atoms. The molecule has 0 radical (unpaired) electrons. The van der Waals surface area contributed by atoms with Crippen LogP contribution in [-0.4, -0.2) is 14.8 Å². The molecule has 0 aliphatic rings. The smallest absolute Gasteiger partial charge is 0.141 e. The molecule has 5 heteroatoms. The topological polar surface area (TPSA) is 42.7 Å². The summed E-state index contributed by atoms with van der Waals surface area (Å²) in [5.74, 6) is -0.319. The summed E-state index contributed by atoms with van der Waals surface area (Å²) in [5.41, 5.74) is 1.73. The third-order valence-electron chi connectivity index (χ3n) is 2.57. The summed E-state index contributed by atoms with van der Waals surface area (Å²) in [6.07, 6.45) is 6.53. The van der Waals surface area contributed by atoms with Crippen molar-refractivity contribution >= 4 is 5.69 Å². The lowest BCUT2D eigenvalue weighted by Crippen LogP contribution is -2.06. The second-order valence-corrected chi connectivity index (χ2v) is 3.89. The van der Waals surface area contributed by atoms with E-state index in [1.807, 2.05) is 24.7 Å². The molecule has 4 nitrogen and oxygen atoms in total. The summed E-state index contributed by atoms with van der Waals surface area (Å²) < 4.78 is 14.9. The lowest BCUT2D eigenvalue weighted by molar-refractivity contribution is 0.616. The van der Waals surface area contributed by atoms with E-state index in [2.05, 4.69) is 15.4 Å². The summed E-state index contributed by atoms with van der Waals surface area (Å²) in [6.45, 7) is 4.81. The molecule has 0 amide bonds. The standard InChI is InChI=1S/C12H15FN4/c1-3-17-8-12(7-15-17)16-9(2)10-4-11(13)6-14-5-10/h4-9,16H,3H2,1-2H3. The first-order chi connectivity index (χ1) is 8.19. The van der Waals surface area contributed by atoms with Crippen LogP contribution in [0.2, 0.25) is 0 Å². The van der Waals surface area contributed by atoms with Gasteiger partial charge < -0.3 is 5.32 Å². The molecule has 0 aliphatic heterocycles. The number of anilines is 1. The van der Waals surface area contributed by atoms with Crippen molar-refractivity contribution in [3.05, 3.63) is 42.2 Å². The molecule has 1 N–H and O–H groups in total. The quantitative estimate of drug-likeness (QED) is 0.884. The second kappa shape index (κ2) is 4.95. The molecule has 0 saturated heterocycles. The minimum absolute atomic E-state index is 0.00675. The van der Waals surface area contributed by atoms with E-state index in [4.69, 9.17) is 0 Å². The first-order valence-corrected chi connectivity index (χ1v) is 5.58. The number of hydrogen-bond donors (Lipinski definition) is 1. The van der Waals surface area contributed by atoms with Crippen molar-refractivity contribution < 1.29 is 4.39 Å². The molecule has 2 aromatic rings. The van der Waals surface area contributed by atoms with Crippen LogP contribution in [0.25, 0.3) is 0 Å². The number of halogens is 1. The molecular weight excluding hydrogens is 219 g/mol. The Morgan fingerprint density at radius 2 is 2.24 bits per heavy atom. The summed E-state index contributed by atoms with van der Waals surface area (Å²) >= 11 is 0. The average Bonchev–Trinajstić information content (AvgIpc) is 2.77. The Morgan fingerprint density at radius 3 is 2.88 bits per heavy atom. The summed E-state index contributed by atoms with van der Waals surface area (Å²) in [5, 5.41) is 7.41. The first kappa shape index (κ1) is 11.6. The fraction of sp³-hybridized carbons (Fsp3) is 0.333. The van der Waals surface area contributed by atoms with Crippen molar-refractivity contribution in [3.8, 4) is 0 Å². The number of aryl methyl sites for hydroxylation is 1. The van der Waals surface area contributed by atoms with Gasteiger partial charge in [0.05, 0.1) is 24.1 Å². The van der Waals surface area contributed by atoms with Gasteiger partial charge in [-0.2, -0.15) is 5.10 Å². The monoisotopic (exact) mass is 234 g/mol. The van der Waals surface area contributed by atoms with Crippen LogP contribution in [0.5, 0.6) is 0 Å². The fourth-order valence-corrected chi connectivity index (χ4v) is 1.61. The van der Waals surface area contributed by atoms with Crippen LogP contribution in [0, 0.1) is 5.82 Å². The molecular formula is C12H15FN4. The minimum Gasteiger partial charge on any atom is -0.376 e. The van der Waals surface area contributed by atoms with E-state index >= 15 is 0 Å². The maximum Gasteiger partial charge on any atom is 0.141 e. The highest BCUT2D eigenvalue weighted by atomic mass is 19.1. The van der Waals surface area contributed by atoms with Gasteiger partial charge in [0.1, 0.15) is 5.82 Å². The van der Waals surface area contributed by atoms with Crippen molar-refractivity contribution in [1.82, 2.24) is 14.8 Å². The molecule has 0 aliphatic carbocycles. The first-order valence-electron chi connectivity index (χ1n) is 5.58. The van der Waals surface area contributed by atoms with Gasteiger partial charge in [0.25, 0.3) is 0 Å². The van der Waals surface area contributed by atoms with E-state index in [1.165, 1.54) is 12.3 Å². The van der Waals surface area contributed by atoms with Crippen molar-refractivity contribution in [2.45, 2.75) is 26.4 Å². The number of nitrogens with one attached hydrogen (secondary N) is 1. The molecule has 2 heterocycles. The SMILES string of the molecule is CCn1cc(NC(C)c2cncc(F)c2)cn1. The zero-order valence-electron chi connectivity index (χ0n) is 9.89. The van der Waals surface area contributed by atoms with Gasteiger partial charge in [0.15, 0.2) is 0 Å². The van der Waals surface area contributed by atoms with E-state index in [1.54, 1.807) is 12.4 Å². The fourth-order valence-electron chi connectivity index (χ4n) is 1.61. The molecule has 0 fully saturated rings. The summed E-state index contributed by atoms with van der Waals surface area (Å²) in [6, 6.07) is 1.47. The van der Waals surface area contributed by atoms with E-state index in [-0.39, 0.29) is 11.9 Å². The Bertz CT molecular complexity index is 495. The lowest BCUT2D eigenvalue weighted by Gasteiger charge is -2.13. The maximum absolute atomic E-state index is 13.0. The molecule has 90 valence electrons. The number of hydrogen-bond acceptors (Lipinski definition) is 3. The van der Waals surface area contributed by atoms with E-state index in [0.717, 1.165) is 17.8 Å². The molecule has 1 atom stereocenters. The van der Waals surface area contributed by atoms with Gasteiger partial charge in [0, 0.05) is 18.9 Å². The lowest BCUT2D eigenvalue weighted by atomic mass is 10.1. The van der Waals surface area contributed by atoms with Crippen molar-refractivity contribution in [2.24, 2.45) is 0 Å². The van der Waals surface area contributed by atoms with Crippen LogP contribution in [0.15, 0.2) is 30.9 Å². The predicted octanol–water partition coefficient (Wildman–Crippen LogP) is 2.61. The van der Waals surface area contributed by atoms with Crippen LogP contribution in [0.4, 0.5) is 10.1 Å². The summed E-state index contributed by atoms with van der Waals surface area (Å²) in [7, 11) is 0. The Kier molecular flexibility index (Phi) is 3.37. The molecule has 0 bridgehead atoms. The highest BCUT2D eigenvalue weighted by Crippen LogP contribution is 2.18. The Balaban J connectivity index is 2.08. The second-order valence-electron chi connectivity index (χ2n) is 3.89. The van der Waals surface area contributed by atoms with Crippen LogP contribution in [0.3, 0.4) is 0 Å². The van der Waals surface area contributed by atoms with E-state index in [0.29, 0.717) is 0 Å². The number of pyridine rings is 1. The van der Waals surface area contributed by atoms with Gasteiger partial charge in [-0.3, -0.25) is 9.67 Å². The summed E-state index contributed by atoms with van der Waals surface area (Å²) in [4.78, 5) is 3.83. The molecule has 0 saturated carbocycles. The minimum atomic E-state index is -0.319. The van der Waals surface area contributed by atoms with Crippen molar-refractivity contribution in [3.63, 3.8) is 0 Å². The van der Waals surface area contributed by atoms with Crippen LogP contribution in [-0.2, 0) is 6.54 Å². The van der Waals surface area contributed by atoms with E-state index < -0.39 is 0 Å². The zero-order valence-corrected chi connectivity index (χ0v) is 9.89. The molecule has 2 aromatic heterocycles. The van der Waals surface area contributed by atoms with Crippen molar-refractivity contribution in [2.75, 3.05) is 5.32 Å². The third kappa shape index (κ3) is 2.81. The predicted molar refractivity (Wildman–Crippen MR) is 64.1 cm³/mol. The number of rotatable bonds is 4. The molecule has 17 heavy (non-hydrogen) atoms. The highest BCUT2D eigenvalue weighted by molar-refractivity contribution is 5.41. The van der Waals surface area contributed by atoms with Crippen molar-refractivity contribution in [1.29, 1.82) is 0 Å². The van der Waals surface area contributed by atoms with Crippen LogP contribution >= 0.6 is 0 Å².